The lowest BCUT2D eigenvalue weighted by atomic mass is 10.1. The number of halogens is 1. The summed E-state index contributed by atoms with van der Waals surface area (Å²) in [7, 11) is 0. The van der Waals surface area contributed by atoms with E-state index in [4.69, 9.17) is 16.6 Å². The minimum atomic E-state index is -1.09. The van der Waals surface area contributed by atoms with Gasteiger partial charge in [0, 0.05) is 29.6 Å². The number of nitrogens with one attached hydrogen (secondary N) is 1. The fraction of sp³-hybridized carbons (Fsp3) is 0.0909. The normalized spacial score (nSPS) is 11.9. The molecular weight excluding hydrogens is 404 g/mol. The number of nitrogens with zero attached hydrogens (tertiary/aromatic N) is 3. The Hall–Kier alpha value is -3.71. The van der Waals surface area contributed by atoms with Crippen LogP contribution in [0.4, 0.5) is 5.82 Å². The standard InChI is InChI=1S/C22H17ClN4O3/c1-13(25-20-16(22(29)30)8-5-9-24-20)17-10-15(23)12-27-19(28)11-18(26-21(17)27)14-6-3-2-4-7-14/h2-13H,1H3,(H,24,25)(H,29,30)/t13-/m1/s1. The zero-order valence-electron chi connectivity index (χ0n) is 15.9. The Bertz CT molecular complexity index is 1310. The van der Waals surface area contributed by atoms with Gasteiger partial charge >= 0.3 is 5.97 Å². The maximum Gasteiger partial charge on any atom is 0.339 e. The van der Waals surface area contributed by atoms with E-state index in [9.17, 15) is 14.7 Å². The Balaban J connectivity index is 1.85. The quantitative estimate of drug-likeness (QED) is 0.500. The summed E-state index contributed by atoms with van der Waals surface area (Å²) < 4.78 is 1.39. The minimum absolute atomic E-state index is 0.0470. The fourth-order valence-corrected chi connectivity index (χ4v) is 3.46. The minimum Gasteiger partial charge on any atom is -0.478 e. The van der Waals surface area contributed by atoms with Crippen molar-refractivity contribution < 1.29 is 9.90 Å². The molecule has 8 heteroatoms. The van der Waals surface area contributed by atoms with E-state index in [0.717, 1.165) is 5.56 Å². The van der Waals surface area contributed by atoms with Crippen LogP contribution in [0.15, 0.2) is 71.8 Å². The lowest BCUT2D eigenvalue weighted by Gasteiger charge is -2.18. The molecule has 1 aromatic carbocycles. The first kappa shape index (κ1) is 19.6. The summed E-state index contributed by atoms with van der Waals surface area (Å²) in [6.07, 6.45) is 3.02. The Morgan fingerprint density at radius 2 is 1.93 bits per heavy atom. The first-order valence-corrected chi connectivity index (χ1v) is 9.55. The highest BCUT2D eigenvalue weighted by atomic mass is 35.5. The molecule has 2 N–H and O–H groups in total. The molecule has 0 aliphatic carbocycles. The van der Waals surface area contributed by atoms with Gasteiger partial charge in [0.15, 0.2) is 0 Å². The van der Waals surface area contributed by atoms with Crippen LogP contribution in [0.25, 0.3) is 16.9 Å². The van der Waals surface area contributed by atoms with Crippen LogP contribution in [0.5, 0.6) is 0 Å². The van der Waals surface area contributed by atoms with Crippen molar-refractivity contribution in [3.63, 3.8) is 0 Å². The SMILES string of the molecule is C[C@@H](Nc1ncccc1C(=O)O)c1cc(Cl)cn2c(=O)cc(-c3ccccc3)nc12. The summed E-state index contributed by atoms with van der Waals surface area (Å²) in [5.74, 6) is -0.869. The molecule has 4 rings (SSSR count). The molecule has 0 fully saturated rings. The van der Waals surface area contributed by atoms with Crippen LogP contribution in [0.1, 0.15) is 28.9 Å². The average Bonchev–Trinajstić information content (AvgIpc) is 2.74. The molecule has 4 aromatic rings. The molecular formula is C22H17ClN4O3. The van der Waals surface area contributed by atoms with Gasteiger partial charge in [-0.05, 0) is 25.1 Å². The number of carboxylic acids is 1. The Morgan fingerprint density at radius 3 is 2.67 bits per heavy atom. The molecule has 30 heavy (non-hydrogen) atoms. The molecule has 0 aliphatic rings. The zero-order chi connectivity index (χ0) is 21.3. The monoisotopic (exact) mass is 420 g/mol. The number of anilines is 1. The second-order valence-corrected chi connectivity index (χ2v) is 7.16. The van der Waals surface area contributed by atoms with Gasteiger partial charge in [0.2, 0.25) is 0 Å². The van der Waals surface area contributed by atoms with Gasteiger partial charge in [-0.2, -0.15) is 0 Å². The maximum atomic E-state index is 12.8. The summed E-state index contributed by atoms with van der Waals surface area (Å²) in [5.41, 5.74) is 2.21. The van der Waals surface area contributed by atoms with E-state index in [0.29, 0.717) is 21.9 Å². The average molecular weight is 421 g/mol. The van der Waals surface area contributed by atoms with Gasteiger partial charge in [-0.15, -0.1) is 0 Å². The van der Waals surface area contributed by atoms with Crippen LogP contribution in [-0.2, 0) is 0 Å². The summed E-state index contributed by atoms with van der Waals surface area (Å²) in [4.78, 5) is 33.1. The van der Waals surface area contributed by atoms with Gasteiger partial charge in [-0.25, -0.2) is 14.8 Å². The largest absolute Gasteiger partial charge is 0.478 e. The van der Waals surface area contributed by atoms with Gasteiger partial charge in [0.25, 0.3) is 5.56 Å². The first-order valence-electron chi connectivity index (χ1n) is 9.17. The molecule has 0 saturated heterocycles. The molecule has 0 spiro atoms. The van der Waals surface area contributed by atoms with Crippen molar-refractivity contribution in [1.82, 2.24) is 14.4 Å². The molecule has 0 amide bonds. The van der Waals surface area contributed by atoms with Crippen LogP contribution in [0.3, 0.4) is 0 Å². The molecule has 0 aliphatic heterocycles. The van der Waals surface area contributed by atoms with E-state index in [1.165, 1.54) is 28.9 Å². The second-order valence-electron chi connectivity index (χ2n) is 6.72. The number of carboxylic acid groups (broad SMARTS) is 1. The van der Waals surface area contributed by atoms with Gasteiger partial charge < -0.3 is 10.4 Å². The van der Waals surface area contributed by atoms with Crippen molar-refractivity contribution in [2.45, 2.75) is 13.0 Å². The van der Waals surface area contributed by atoms with E-state index in [-0.39, 0.29) is 16.9 Å². The number of hydrogen-bond donors (Lipinski definition) is 2. The predicted molar refractivity (Wildman–Crippen MR) is 115 cm³/mol. The first-order chi connectivity index (χ1) is 14.4. The molecule has 0 radical (unpaired) electrons. The molecule has 3 heterocycles. The molecule has 1 atom stereocenters. The van der Waals surface area contributed by atoms with Crippen molar-refractivity contribution >= 4 is 29.0 Å². The molecule has 7 nitrogen and oxygen atoms in total. The number of rotatable bonds is 5. The van der Waals surface area contributed by atoms with Crippen LogP contribution in [0.2, 0.25) is 5.02 Å². The van der Waals surface area contributed by atoms with Crippen molar-refractivity contribution in [3.8, 4) is 11.3 Å². The smallest absolute Gasteiger partial charge is 0.339 e. The van der Waals surface area contributed by atoms with Crippen LogP contribution < -0.4 is 10.9 Å². The Labute approximate surface area is 176 Å². The summed E-state index contributed by atoms with van der Waals surface area (Å²) >= 11 is 6.26. The number of hydrogen-bond acceptors (Lipinski definition) is 5. The highest BCUT2D eigenvalue weighted by Crippen LogP contribution is 2.27. The number of aromatic nitrogens is 3. The van der Waals surface area contributed by atoms with E-state index < -0.39 is 12.0 Å². The van der Waals surface area contributed by atoms with Crippen LogP contribution in [0, 0.1) is 0 Å². The third-order valence-corrected chi connectivity index (χ3v) is 4.89. The number of fused-ring (bicyclic) bond motifs is 1. The van der Waals surface area contributed by atoms with E-state index in [2.05, 4.69) is 10.3 Å². The number of benzene rings is 1. The molecule has 0 bridgehead atoms. The van der Waals surface area contributed by atoms with Gasteiger partial charge in [0.1, 0.15) is 17.0 Å². The van der Waals surface area contributed by atoms with Gasteiger partial charge in [0.05, 0.1) is 16.8 Å². The highest BCUT2D eigenvalue weighted by molar-refractivity contribution is 6.30. The van der Waals surface area contributed by atoms with Crippen molar-refractivity contribution in [3.05, 3.63) is 93.5 Å². The lowest BCUT2D eigenvalue weighted by molar-refractivity contribution is 0.0697. The van der Waals surface area contributed by atoms with E-state index in [1.807, 2.05) is 37.3 Å². The Morgan fingerprint density at radius 1 is 1.17 bits per heavy atom. The maximum absolute atomic E-state index is 12.8. The van der Waals surface area contributed by atoms with E-state index >= 15 is 0 Å². The Kier molecular flexibility index (Phi) is 5.20. The third kappa shape index (κ3) is 3.75. The second kappa shape index (κ2) is 7.96. The molecule has 150 valence electrons. The summed E-state index contributed by atoms with van der Waals surface area (Å²) in [5, 5.41) is 12.9. The summed E-state index contributed by atoms with van der Waals surface area (Å²) in [6, 6.07) is 15.2. The predicted octanol–water partition coefficient (Wildman–Crippen LogP) is 4.28. The van der Waals surface area contributed by atoms with Crippen molar-refractivity contribution in [1.29, 1.82) is 0 Å². The van der Waals surface area contributed by atoms with Crippen LogP contribution >= 0.6 is 11.6 Å². The topological polar surface area (TPSA) is 96.6 Å². The lowest BCUT2D eigenvalue weighted by Crippen LogP contribution is -2.19. The van der Waals surface area contributed by atoms with Crippen molar-refractivity contribution in [2.24, 2.45) is 0 Å². The molecule has 0 saturated carbocycles. The third-order valence-electron chi connectivity index (χ3n) is 4.68. The fourth-order valence-electron chi connectivity index (χ4n) is 3.24. The molecule has 3 aromatic heterocycles. The van der Waals surface area contributed by atoms with Gasteiger partial charge in [-0.3, -0.25) is 9.20 Å². The van der Waals surface area contributed by atoms with Crippen LogP contribution in [-0.4, -0.2) is 25.4 Å². The number of carbonyl (C=O) groups is 1. The number of pyridine rings is 2. The van der Waals surface area contributed by atoms with Crippen molar-refractivity contribution in [2.75, 3.05) is 5.32 Å². The van der Waals surface area contributed by atoms with E-state index in [1.54, 1.807) is 12.1 Å². The molecule has 0 unspecified atom stereocenters. The van der Waals surface area contributed by atoms with Gasteiger partial charge in [-0.1, -0.05) is 41.9 Å². The number of aromatic carboxylic acids is 1. The zero-order valence-corrected chi connectivity index (χ0v) is 16.7. The summed E-state index contributed by atoms with van der Waals surface area (Å²) in [6.45, 7) is 1.83. The highest BCUT2D eigenvalue weighted by Gasteiger charge is 2.18.